The van der Waals surface area contributed by atoms with Crippen LogP contribution in [0.25, 0.3) is 0 Å². The molecule has 0 aromatic rings. The second kappa shape index (κ2) is 91.4. The van der Waals surface area contributed by atoms with Gasteiger partial charge in [0.1, 0.15) is 0 Å². The zero-order valence-corrected chi connectivity index (χ0v) is 12.9. The van der Waals surface area contributed by atoms with E-state index in [9.17, 15) is 0 Å². The molecule has 0 amide bonds. The molecule has 0 unspecified atom stereocenters. The summed E-state index contributed by atoms with van der Waals surface area (Å²) in [7, 11) is 0. The Balaban J connectivity index is 0. The summed E-state index contributed by atoms with van der Waals surface area (Å²) in [6.07, 6.45) is 0. The van der Waals surface area contributed by atoms with E-state index in [1.54, 1.807) is 0 Å². The van der Waals surface area contributed by atoms with Gasteiger partial charge in [-0.25, -0.2) is 0 Å². The van der Waals surface area contributed by atoms with Crippen LogP contribution in [0.2, 0.25) is 0 Å². The van der Waals surface area contributed by atoms with E-state index in [2.05, 4.69) is 0 Å². The van der Waals surface area contributed by atoms with Gasteiger partial charge in [-0.1, -0.05) is 13.5 Å². The number of hydrogen-bond acceptors (Lipinski definition) is 3. The van der Waals surface area contributed by atoms with Crippen LogP contribution in [-0.2, 0) is 139 Å². The van der Waals surface area contributed by atoms with E-state index < -0.39 is 0 Å². The minimum Gasteiger partial charge on any atom is -0.813 e. The largest absolute Gasteiger partial charge is 0.813 e. The molecule has 0 aromatic heterocycles. The summed E-state index contributed by atoms with van der Waals surface area (Å²) in [5, 5.41) is 0. The molecular formula is H6Fe4NiS4-2. The molecule has 0 radical (unpaired) electrons. The monoisotopic (exact) mass is 416 g/mol. The van der Waals surface area contributed by atoms with Crippen LogP contribution >= 0.6 is 0 Å². The number of thiol groups is 3. The molecule has 0 spiro atoms. The molecule has 0 saturated carbocycles. The minimum atomic E-state index is 0. The van der Waals surface area contributed by atoms with Crippen molar-refractivity contribution in [1.82, 2.24) is 0 Å². The molecule has 0 aromatic carbocycles. The summed E-state index contributed by atoms with van der Waals surface area (Å²) in [4.78, 5) is 0. The van der Waals surface area contributed by atoms with Crippen molar-refractivity contribution in [2.45, 2.75) is 0 Å². The van der Waals surface area contributed by atoms with Gasteiger partial charge in [0.25, 0.3) is 0 Å². The van der Waals surface area contributed by atoms with Crippen molar-refractivity contribution in [3.63, 3.8) is 0 Å². The summed E-state index contributed by atoms with van der Waals surface area (Å²) in [6.45, 7) is 0. The summed E-state index contributed by atoms with van der Waals surface area (Å²) in [6, 6.07) is 0. The van der Waals surface area contributed by atoms with Gasteiger partial charge in [0, 0.05) is 84.8 Å². The van der Waals surface area contributed by atoms with Gasteiger partial charge in [0.2, 0.25) is 0 Å². The van der Waals surface area contributed by atoms with Crippen LogP contribution in [0.1, 0.15) is 0 Å². The average molecular weight is 416 g/mol. The molecule has 0 saturated heterocycles. The average Bonchev–Trinajstić information content (AvgIpc) is 0. The van der Waals surface area contributed by atoms with Gasteiger partial charge in [-0.2, -0.15) is 0 Å². The van der Waals surface area contributed by atoms with E-state index in [4.69, 9.17) is 0 Å². The van der Waals surface area contributed by atoms with Crippen LogP contribution in [0.4, 0.5) is 0 Å². The SMILES string of the molecule is [Fe].[Fe].[Fe].[Fe].[Ni].[SH-].[SH-].[SH-].[SH3+]. The van der Waals surface area contributed by atoms with Crippen LogP contribution in [0.5, 0.6) is 0 Å². The maximum absolute atomic E-state index is 0. The maximum Gasteiger partial charge on any atom is 0 e. The van der Waals surface area contributed by atoms with E-state index in [0.29, 0.717) is 0 Å². The first-order valence-electron chi connectivity index (χ1n) is 0. The van der Waals surface area contributed by atoms with Crippen LogP contribution in [0, 0.1) is 0 Å². The zero-order valence-electron chi connectivity index (χ0n) is 3.65. The van der Waals surface area contributed by atoms with Gasteiger partial charge in [-0.05, 0) is 0 Å². The third-order valence-corrected chi connectivity index (χ3v) is 0. The van der Waals surface area contributed by atoms with Crippen LogP contribution in [0.15, 0.2) is 0 Å². The summed E-state index contributed by atoms with van der Waals surface area (Å²) < 4.78 is 0. The quantitative estimate of drug-likeness (QED) is 0.202. The molecule has 9 heteroatoms. The van der Waals surface area contributed by atoms with Gasteiger partial charge >= 0.3 is 0 Å². The zero-order chi connectivity index (χ0) is 0. The molecule has 0 aliphatic carbocycles. The molecule has 74 valence electrons. The summed E-state index contributed by atoms with van der Waals surface area (Å²) in [5.41, 5.74) is 0. The fourth-order valence-corrected chi connectivity index (χ4v) is 0. The van der Waals surface area contributed by atoms with E-state index in [1.807, 2.05) is 0 Å². The van der Waals surface area contributed by atoms with Crippen molar-refractivity contribution in [2.24, 2.45) is 0 Å². The molecule has 0 fully saturated rings. The first-order chi connectivity index (χ1) is 0. The Labute approximate surface area is 137 Å². The smallest absolute Gasteiger partial charge is 0 e. The standard InChI is InChI=1S/4Fe.Ni.4H2S/h;;;;;4*1H2/p-2. The van der Waals surface area contributed by atoms with E-state index in [0.717, 1.165) is 0 Å². The maximum atomic E-state index is 0. The number of rotatable bonds is 0. The van der Waals surface area contributed by atoms with Crippen molar-refractivity contribution in [3.05, 3.63) is 0 Å². The van der Waals surface area contributed by atoms with Gasteiger partial charge in [0.05, 0.1) is 0 Å². The predicted octanol–water partition coefficient (Wildman–Crippen LogP) is -1.63. The third kappa shape index (κ3) is 75.5. The molecule has 0 atom stereocenters. The number of hydrogen-bond donors (Lipinski definition) is 0. The second-order valence-corrected chi connectivity index (χ2v) is 0. The molecular weight excluding hydrogens is 410 g/mol. The molecule has 0 N–H and O–H groups in total. The molecule has 0 rings (SSSR count). The molecule has 0 aliphatic heterocycles. The Morgan fingerprint density at radius 1 is 0.444 bits per heavy atom. The first kappa shape index (κ1) is 118. The molecule has 0 bridgehead atoms. The van der Waals surface area contributed by atoms with Crippen molar-refractivity contribution in [2.75, 3.05) is 0 Å². The Hall–Kier alpha value is 3.97. The van der Waals surface area contributed by atoms with Crippen LogP contribution in [-0.4, -0.2) is 0 Å². The van der Waals surface area contributed by atoms with Crippen molar-refractivity contribution in [1.29, 1.82) is 0 Å². The molecule has 0 heterocycles. The molecule has 0 aliphatic rings. The molecule has 9 heavy (non-hydrogen) atoms. The minimum absolute atomic E-state index is 0. The van der Waals surface area contributed by atoms with E-state index in [1.165, 1.54) is 0 Å². The summed E-state index contributed by atoms with van der Waals surface area (Å²) >= 11 is 0. The van der Waals surface area contributed by atoms with Gasteiger partial charge < -0.3 is 40.5 Å². The first-order valence-corrected chi connectivity index (χ1v) is 0. The van der Waals surface area contributed by atoms with Crippen LogP contribution < -0.4 is 0 Å². The predicted molar refractivity (Wildman–Crippen MR) is 37.8 cm³/mol. The fourth-order valence-electron chi connectivity index (χ4n) is 0. The Kier molecular flexibility index (Phi) is 1200. The van der Waals surface area contributed by atoms with E-state index >= 15 is 0 Å². The fraction of sp³-hybridized carbons (Fsp3) is 0. The van der Waals surface area contributed by atoms with Gasteiger partial charge in [-0.3, -0.25) is 0 Å². The summed E-state index contributed by atoms with van der Waals surface area (Å²) in [5.74, 6) is 0. The third-order valence-electron chi connectivity index (χ3n) is 0. The Bertz CT molecular complexity index is 12.5. The Morgan fingerprint density at radius 3 is 0.444 bits per heavy atom. The molecule has 0 nitrogen and oxygen atoms in total. The van der Waals surface area contributed by atoms with Crippen molar-refractivity contribution < 1.29 is 84.8 Å². The normalized spacial score (nSPS) is 0. The topological polar surface area (TPSA) is 0 Å². The second-order valence-electron chi connectivity index (χ2n) is 0. The van der Waals surface area contributed by atoms with Crippen molar-refractivity contribution in [3.8, 4) is 0 Å². The van der Waals surface area contributed by atoms with Crippen LogP contribution in [0.3, 0.4) is 0 Å². The van der Waals surface area contributed by atoms with Crippen molar-refractivity contribution >= 4 is 54.0 Å². The van der Waals surface area contributed by atoms with Gasteiger partial charge in [0.15, 0.2) is 0 Å². The van der Waals surface area contributed by atoms with E-state index in [-0.39, 0.29) is 139 Å². The Morgan fingerprint density at radius 2 is 0.444 bits per heavy atom. The van der Waals surface area contributed by atoms with Gasteiger partial charge in [-0.15, -0.1) is 0 Å².